The van der Waals surface area contributed by atoms with Crippen LogP contribution in [-0.2, 0) is 21.9 Å². The quantitative estimate of drug-likeness (QED) is 0.214. The van der Waals surface area contributed by atoms with Crippen molar-refractivity contribution in [3.8, 4) is 16.9 Å². The number of nitrogens with zero attached hydrogens (tertiary/aromatic N) is 6. The van der Waals surface area contributed by atoms with Crippen molar-refractivity contribution in [2.75, 3.05) is 51.3 Å². The van der Waals surface area contributed by atoms with Crippen LogP contribution < -0.4 is 15.2 Å². The minimum Gasteiger partial charge on any atom is -0.492 e. The van der Waals surface area contributed by atoms with Gasteiger partial charge in [-0.25, -0.2) is 17.4 Å². The Morgan fingerprint density at radius 2 is 1.61 bits per heavy atom. The zero-order chi connectivity index (χ0) is 35.9. The summed E-state index contributed by atoms with van der Waals surface area (Å²) in [6.07, 6.45) is 7.00. The molecule has 2 aromatic carbocycles. The number of pyridine rings is 2. The van der Waals surface area contributed by atoms with Gasteiger partial charge in [0.1, 0.15) is 23.7 Å². The lowest BCUT2D eigenvalue weighted by Crippen LogP contribution is -2.55. The molecule has 7 rings (SSSR count). The Balaban J connectivity index is 0.987. The van der Waals surface area contributed by atoms with E-state index in [1.807, 2.05) is 45.2 Å². The average molecular weight is 709 g/mol. The maximum absolute atomic E-state index is 13.6. The SMILES string of the molecule is Cc1ccc(S(=O)(=O)n2ccc3c(-c4ccc(N5CCC(c6ccc(OCCN7CCN(C)C(=O)[C@H]7C)cc6)CC5)nc4)cn(C)c(=O)c32)cc1. The number of fused-ring (bicyclic) bond motifs is 1. The standard InChI is InChI=1S/C39H44N6O5S/c1-27-5-12-33(13-6-27)51(48,49)45-20-17-34-35(26-42(4)39(47)37(34)45)31-9-14-36(40-25-31)44-18-15-30(16-19-44)29-7-10-32(11-8-29)50-24-23-43-22-21-41(3)38(46)28(43)2/h5-14,17,20,25-26,28,30H,15-16,18-19,21-24H2,1-4H3/t28-/m1/s1. The number of ether oxygens (including phenoxy) is 1. The zero-order valence-electron chi connectivity index (χ0n) is 29.5. The van der Waals surface area contributed by atoms with E-state index in [0.29, 0.717) is 17.9 Å². The molecule has 1 atom stereocenters. The molecule has 0 aliphatic carbocycles. The molecular formula is C39H44N6O5S. The zero-order valence-corrected chi connectivity index (χ0v) is 30.3. The van der Waals surface area contributed by atoms with Gasteiger partial charge < -0.3 is 19.1 Å². The molecule has 0 N–H and O–H groups in total. The fraction of sp³-hybridized carbons (Fsp3) is 0.359. The summed E-state index contributed by atoms with van der Waals surface area (Å²) < 4.78 is 35.7. The third-order valence-corrected chi connectivity index (χ3v) is 12.1. The lowest BCUT2D eigenvalue weighted by atomic mass is 9.89. The maximum Gasteiger partial charge on any atom is 0.275 e. The monoisotopic (exact) mass is 708 g/mol. The van der Waals surface area contributed by atoms with Crippen LogP contribution in [0.25, 0.3) is 22.0 Å². The number of carbonyl (C=O) groups is 1. The second-order valence-electron chi connectivity index (χ2n) is 13.7. The van der Waals surface area contributed by atoms with Gasteiger partial charge in [0.2, 0.25) is 5.91 Å². The number of amides is 1. The normalized spacial score (nSPS) is 17.7. The van der Waals surface area contributed by atoms with Crippen molar-refractivity contribution < 1.29 is 17.9 Å². The lowest BCUT2D eigenvalue weighted by molar-refractivity contribution is -0.139. The van der Waals surface area contributed by atoms with E-state index in [-0.39, 0.29) is 22.4 Å². The number of carbonyl (C=O) groups excluding carboxylic acids is 1. The summed E-state index contributed by atoms with van der Waals surface area (Å²) in [5, 5.41) is 0.557. The second-order valence-corrected chi connectivity index (χ2v) is 15.5. The molecule has 1 amide bonds. The number of rotatable bonds is 9. The molecule has 2 aliphatic heterocycles. The second kappa shape index (κ2) is 14.0. The number of benzene rings is 2. The smallest absolute Gasteiger partial charge is 0.275 e. The van der Waals surface area contributed by atoms with Crippen LogP contribution in [0, 0.1) is 6.92 Å². The van der Waals surface area contributed by atoms with Gasteiger partial charge in [0.25, 0.3) is 15.6 Å². The van der Waals surface area contributed by atoms with E-state index in [9.17, 15) is 18.0 Å². The number of piperazine rings is 1. The van der Waals surface area contributed by atoms with Crippen molar-refractivity contribution >= 4 is 32.7 Å². The fourth-order valence-corrected chi connectivity index (χ4v) is 8.58. The molecule has 2 aliphatic rings. The van der Waals surface area contributed by atoms with Gasteiger partial charge in [-0.05, 0) is 80.6 Å². The first kappa shape index (κ1) is 34.5. The molecule has 0 bridgehead atoms. The van der Waals surface area contributed by atoms with Crippen molar-refractivity contribution in [1.82, 2.24) is 23.3 Å². The number of anilines is 1. The van der Waals surface area contributed by atoms with Gasteiger partial charge in [-0.1, -0.05) is 29.8 Å². The fourth-order valence-electron chi connectivity index (χ4n) is 7.24. The highest BCUT2D eigenvalue weighted by atomic mass is 32.2. The molecule has 0 radical (unpaired) electrons. The van der Waals surface area contributed by atoms with E-state index in [1.165, 1.54) is 16.3 Å². The van der Waals surface area contributed by atoms with E-state index in [2.05, 4.69) is 21.9 Å². The summed E-state index contributed by atoms with van der Waals surface area (Å²) in [6, 6.07) is 20.6. The summed E-state index contributed by atoms with van der Waals surface area (Å²) in [4.78, 5) is 36.7. The van der Waals surface area contributed by atoms with Gasteiger partial charge in [0.05, 0.1) is 10.9 Å². The van der Waals surface area contributed by atoms with Crippen LogP contribution >= 0.6 is 0 Å². The Morgan fingerprint density at radius 1 is 0.882 bits per heavy atom. The highest BCUT2D eigenvalue weighted by Gasteiger charge is 2.29. The van der Waals surface area contributed by atoms with Gasteiger partial charge in [-0.3, -0.25) is 14.5 Å². The molecule has 2 saturated heterocycles. The molecule has 51 heavy (non-hydrogen) atoms. The Kier molecular flexibility index (Phi) is 9.47. The Labute approximate surface area is 298 Å². The van der Waals surface area contributed by atoms with Gasteiger partial charge >= 0.3 is 0 Å². The molecule has 11 nitrogen and oxygen atoms in total. The minimum atomic E-state index is -3.98. The molecule has 0 saturated carbocycles. The van der Waals surface area contributed by atoms with Gasteiger partial charge in [0.15, 0.2) is 0 Å². The van der Waals surface area contributed by atoms with E-state index in [4.69, 9.17) is 9.72 Å². The molecule has 5 aromatic rings. The van der Waals surface area contributed by atoms with E-state index < -0.39 is 15.6 Å². The third kappa shape index (κ3) is 6.77. The van der Waals surface area contributed by atoms with Crippen molar-refractivity contribution in [3.63, 3.8) is 0 Å². The summed E-state index contributed by atoms with van der Waals surface area (Å²) >= 11 is 0. The van der Waals surface area contributed by atoms with Crippen LogP contribution in [0.5, 0.6) is 5.75 Å². The van der Waals surface area contributed by atoms with E-state index >= 15 is 0 Å². The van der Waals surface area contributed by atoms with Crippen LogP contribution in [-0.4, -0.2) is 90.1 Å². The van der Waals surface area contributed by atoms with Crippen LogP contribution in [0.15, 0.2) is 95.0 Å². The van der Waals surface area contributed by atoms with Crippen LogP contribution in [0.2, 0.25) is 0 Å². The average Bonchev–Trinajstić information content (AvgIpc) is 3.61. The van der Waals surface area contributed by atoms with Crippen molar-refractivity contribution in [1.29, 1.82) is 0 Å². The Morgan fingerprint density at radius 3 is 2.29 bits per heavy atom. The van der Waals surface area contributed by atoms with Crippen LogP contribution in [0.3, 0.4) is 0 Å². The van der Waals surface area contributed by atoms with E-state index in [1.54, 1.807) is 54.7 Å². The van der Waals surface area contributed by atoms with Crippen LogP contribution in [0.4, 0.5) is 5.82 Å². The van der Waals surface area contributed by atoms with Crippen molar-refractivity contribution in [2.24, 2.45) is 7.05 Å². The largest absolute Gasteiger partial charge is 0.492 e. The minimum absolute atomic E-state index is 0.110. The number of likely N-dealkylation sites (N-methyl/N-ethyl adjacent to an activating group) is 1. The third-order valence-electron chi connectivity index (χ3n) is 10.4. The predicted octanol–water partition coefficient (Wildman–Crippen LogP) is 4.87. The summed E-state index contributed by atoms with van der Waals surface area (Å²) in [5.74, 6) is 2.34. The molecule has 2 fully saturated rings. The Hall–Kier alpha value is -4.94. The number of hydrogen-bond acceptors (Lipinski definition) is 8. The maximum atomic E-state index is 13.6. The lowest BCUT2D eigenvalue weighted by Gasteiger charge is -2.37. The number of piperidine rings is 1. The first-order chi connectivity index (χ1) is 24.5. The summed E-state index contributed by atoms with van der Waals surface area (Å²) in [7, 11) is -0.488. The first-order valence-electron chi connectivity index (χ1n) is 17.5. The van der Waals surface area contributed by atoms with Gasteiger partial charge in [0, 0.05) is 81.9 Å². The number of hydrogen-bond donors (Lipinski definition) is 0. The number of aryl methyl sites for hydroxylation is 2. The molecule has 266 valence electrons. The summed E-state index contributed by atoms with van der Waals surface area (Å²) in [6.45, 7) is 8.48. The van der Waals surface area contributed by atoms with Gasteiger partial charge in [-0.2, -0.15) is 0 Å². The molecule has 12 heteroatoms. The predicted molar refractivity (Wildman–Crippen MR) is 199 cm³/mol. The molecule has 0 spiro atoms. The molecule has 5 heterocycles. The molecule has 0 unspecified atom stereocenters. The summed E-state index contributed by atoms with van der Waals surface area (Å²) in [5.41, 5.74) is 3.51. The molecule has 3 aromatic heterocycles. The molecular weight excluding hydrogens is 665 g/mol. The highest BCUT2D eigenvalue weighted by molar-refractivity contribution is 7.90. The highest BCUT2D eigenvalue weighted by Crippen LogP contribution is 2.33. The van der Waals surface area contributed by atoms with E-state index in [0.717, 1.165) is 77.8 Å². The van der Waals surface area contributed by atoms with Gasteiger partial charge in [-0.15, -0.1) is 0 Å². The topological polar surface area (TPSA) is 110 Å². The Bertz CT molecular complexity index is 2200. The first-order valence-corrected chi connectivity index (χ1v) is 18.9. The van der Waals surface area contributed by atoms with Crippen molar-refractivity contribution in [2.45, 2.75) is 43.5 Å². The van der Waals surface area contributed by atoms with Crippen LogP contribution in [0.1, 0.15) is 36.8 Å². The van der Waals surface area contributed by atoms with Crippen molar-refractivity contribution in [3.05, 3.63) is 107 Å². The number of aromatic nitrogens is 3.